The summed E-state index contributed by atoms with van der Waals surface area (Å²) in [5.74, 6) is 0.610. The topological polar surface area (TPSA) is 35.9 Å². The van der Waals surface area contributed by atoms with Crippen LogP contribution in [0, 0.1) is 13.8 Å². The maximum absolute atomic E-state index is 12.5. The Morgan fingerprint density at radius 2 is 2.00 bits per heavy atom. The van der Waals surface area contributed by atoms with Crippen LogP contribution >= 0.6 is 11.8 Å². The van der Waals surface area contributed by atoms with E-state index in [0.717, 1.165) is 16.4 Å². The second-order valence-electron chi connectivity index (χ2n) is 5.34. The van der Waals surface area contributed by atoms with Crippen molar-refractivity contribution in [2.24, 2.45) is 4.99 Å². The van der Waals surface area contributed by atoms with Gasteiger partial charge in [-0.05, 0) is 39.3 Å². The van der Waals surface area contributed by atoms with Crippen molar-refractivity contribution in [3.05, 3.63) is 29.3 Å². The molecule has 0 radical (unpaired) electrons. The Labute approximate surface area is 124 Å². The fraction of sp³-hybridized carbons (Fsp3) is 0.467. The van der Waals surface area contributed by atoms with E-state index in [1.165, 1.54) is 5.56 Å². The second kappa shape index (κ2) is 5.87. The summed E-state index contributed by atoms with van der Waals surface area (Å²) in [6, 6.07) is 6.33. The number of hydrogen-bond acceptors (Lipinski definition) is 3. The van der Waals surface area contributed by atoms with Gasteiger partial charge in [0.15, 0.2) is 5.17 Å². The SMILES string of the molecule is Cc1ccc(N2CSC(=NC(C)C)N(C)C2=O)c(C)c1. The van der Waals surface area contributed by atoms with Gasteiger partial charge in [0.25, 0.3) is 0 Å². The van der Waals surface area contributed by atoms with Gasteiger partial charge in [-0.25, -0.2) is 4.79 Å². The molecule has 5 heteroatoms. The minimum Gasteiger partial charge on any atom is -0.284 e. The van der Waals surface area contributed by atoms with Crippen LogP contribution < -0.4 is 4.90 Å². The maximum Gasteiger partial charge on any atom is 0.331 e. The molecule has 1 aromatic carbocycles. The van der Waals surface area contributed by atoms with Crippen LogP contribution in [0.1, 0.15) is 25.0 Å². The number of amidine groups is 1. The highest BCUT2D eigenvalue weighted by molar-refractivity contribution is 8.14. The number of carbonyl (C=O) groups is 1. The third-order valence-electron chi connectivity index (χ3n) is 3.14. The molecule has 0 bridgehead atoms. The van der Waals surface area contributed by atoms with Crippen LogP contribution in [0.3, 0.4) is 0 Å². The highest BCUT2D eigenvalue weighted by atomic mass is 32.2. The molecule has 0 spiro atoms. The predicted octanol–water partition coefficient (Wildman–Crippen LogP) is 3.63. The molecule has 0 saturated carbocycles. The van der Waals surface area contributed by atoms with Gasteiger partial charge in [-0.1, -0.05) is 29.5 Å². The zero-order valence-electron chi connectivity index (χ0n) is 12.7. The van der Waals surface area contributed by atoms with E-state index in [0.29, 0.717) is 5.88 Å². The van der Waals surface area contributed by atoms with Gasteiger partial charge in [0, 0.05) is 18.8 Å². The van der Waals surface area contributed by atoms with Crippen LogP contribution in [0.15, 0.2) is 23.2 Å². The lowest BCUT2D eigenvalue weighted by atomic mass is 10.1. The molecule has 0 atom stereocenters. The second-order valence-corrected chi connectivity index (χ2v) is 6.25. The molecule has 0 N–H and O–H groups in total. The molecule has 0 aliphatic carbocycles. The van der Waals surface area contributed by atoms with Crippen molar-refractivity contribution in [1.29, 1.82) is 0 Å². The molecule has 20 heavy (non-hydrogen) atoms. The minimum absolute atomic E-state index is 0.0184. The number of aliphatic imine (C=N–C) groups is 1. The summed E-state index contributed by atoms with van der Waals surface area (Å²) in [4.78, 5) is 20.4. The molecule has 108 valence electrons. The van der Waals surface area contributed by atoms with Gasteiger partial charge in [-0.15, -0.1) is 0 Å². The Hall–Kier alpha value is -1.49. The molecule has 1 fully saturated rings. The zero-order chi connectivity index (χ0) is 14.9. The van der Waals surface area contributed by atoms with Crippen LogP contribution in [-0.2, 0) is 0 Å². The van der Waals surface area contributed by atoms with Gasteiger partial charge < -0.3 is 0 Å². The van der Waals surface area contributed by atoms with E-state index in [1.807, 2.05) is 32.9 Å². The van der Waals surface area contributed by atoms with E-state index in [4.69, 9.17) is 0 Å². The number of urea groups is 1. The molecular formula is C15H21N3OS. The van der Waals surface area contributed by atoms with E-state index in [9.17, 15) is 4.79 Å². The maximum atomic E-state index is 12.5. The van der Waals surface area contributed by atoms with Crippen LogP contribution in [0.5, 0.6) is 0 Å². The summed E-state index contributed by atoms with van der Waals surface area (Å²) in [6.07, 6.45) is 0. The predicted molar refractivity (Wildman–Crippen MR) is 86.6 cm³/mol. The summed E-state index contributed by atoms with van der Waals surface area (Å²) >= 11 is 1.60. The Kier molecular flexibility index (Phi) is 4.38. The molecule has 1 heterocycles. The van der Waals surface area contributed by atoms with E-state index >= 15 is 0 Å². The van der Waals surface area contributed by atoms with Gasteiger partial charge >= 0.3 is 6.03 Å². The first-order valence-electron chi connectivity index (χ1n) is 6.73. The molecular weight excluding hydrogens is 270 g/mol. The van der Waals surface area contributed by atoms with E-state index in [1.54, 1.807) is 28.6 Å². The standard InChI is InChI=1S/C15H21N3OS/c1-10(2)16-14-17(5)15(19)18(9-20-14)13-7-6-11(3)8-12(13)4/h6-8,10H,9H2,1-5H3. The van der Waals surface area contributed by atoms with Crippen LogP contribution in [0.2, 0.25) is 0 Å². The lowest BCUT2D eigenvalue weighted by Crippen LogP contribution is -2.48. The van der Waals surface area contributed by atoms with Gasteiger partial charge in [-0.2, -0.15) is 0 Å². The number of amides is 2. The van der Waals surface area contributed by atoms with Crippen LogP contribution in [0.4, 0.5) is 10.5 Å². The van der Waals surface area contributed by atoms with Crippen LogP contribution in [0.25, 0.3) is 0 Å². The Bertz CT molecular complexity index is 554. The number of nitrogens with zero attached hydrogens (tertiary/aromatic N) is 3. The molecule has 0 aromatic heterocycles. The van der Waals surface area contributed by atoms with Crippen molar-refractivity contribution >= 4 is 28.6 Å². The third kappa shape index (κ3) is 2.98. The summed E-state index contributed by atoms with van der Waals surface area (Å²) in [5, 5.41) is 0.797. The first kappa shape index (κ1) is 14.9. The van der Waals surface area contributed by atoms with Crippen LogP contribution in [-0.4, -0.2) is 35.1 Å². The number of aryl methyl sites for hydroxylation is 2. The molecule has 1 aliphatic rings. The third-order valence-corrected chi connectivity index (χ3v) is 4.16. The molecule has 2 rings (SSSR count). The number of hydrogen-bond donors (Lipinski definition) is 0. The van der Waals surface area contributed by atoms with E-state index in [-0.39, 0.29) is 12.1 Å². The molecule has 2 amide bonds. The number of benzene rings is 1. The summed E-state index contributed by atoms with van der Waals surface area (Å²) in [7, 11) is 1.78. The monoisotopic (exact) mass is 291 g/mol. The van der Waals surface area contributed by atoms with Crippen molar-refractivity contribution in [1.82, 2.24) is 4.90 Å². The fourth-order valence-electron chi connectivity index (χ4n) is 2.16. The average molecular weight is 291 g/mol. The zero-order valence-corrected chi connectivity index (χ0v) is 13.5. The van der Waals surface area contributed by atoms with Gasteiger partial charge in [-0.3, -0.25) is 14.8 Å². The van der Waals surface area contributed by atoms with E-state index < -0.39 is 0 Å². The lowest BCUT2D eigenvalue weighted by Gasteiger charge is -2.34. The summed E-state index contributed by atoms with van der Waals surface area (Å²) in [5.41, 5.74) is 3.30. The summed E-state index contributed by atoms with van der Waals surface area (Å²) in [6.45, 7) is 8.13. The quantitative estimate of drug-likeness (QED) is 0.834. The van der Waals surface area contributed by atoms with Crippen molar-refractivity contribution in [2.45, 2.75) is 33.7 Å². The first-order chi connectivity index (χ1) is 9.40. The summed E-state index contributed by atoms with van der Waals surface area (Å²) < 4.78 is 0. The highest BCUT2D eigenvalue weighted by Gasteiger charge is 2.30. The lowest BCUT2D eigenvalue weighted by molar-refractivity contribution is 0.233. The number of carbonyl (C=O) groups excluding carboxylic acids is 1. The highest BCUT2D eigenvalue weighted by Crippen LogP contribution is 2.28. The van der Waals surface area contributed by atoms with Gasteiger partial charge in [0.05, 0.1) is 5.88 Å². The normalized spacial score (nSPS) is 18.3. The van der Waals surface area contributed by atoms with E-state index in [2.05, 4.69) is 18.0 Å². The Balaban J connectivity index is 2.27. The molecule has 1 aliphatic heterocycles. The van der Waals surface area contributed by atoms with Crippen molar-refractivity contribution < 1.29 is 4.79 Å². The van der Waals surface area contributed by atoms with Crippen molar-refractivity contribution in [3.8, 4) is 0 Å². The number of anilines is 1. The van der Waals surface area contributed by atoms with Gasteiger partial charge in [0.2, 0.25) is 0 Å². The first-order valence-corrected chi connectivity index (χ1v) is 7.71. The Morgan fingerprint density at radius 1 is 1.30 bits per heavy atom. The fourth-order valence-corrected chi connectivity index (χ4v) is 3.21. The smallest absolute Gasteiger partial charge is 0.284 e. The Morgan fingerprint density at radius 3 is 2.60 bits per heavy atom. The average Bonchev–Trinajstić information content (AvgIpc) is 2.36. The molecule has 0 unspecified atom stereocenters. The van der Waals surface area contributed by atoms with Crippen molar-refractivity contribution in [2.75, 3.05) is 17.8 Å². The number of rotatable bonds is 2. The minimum atomic E-state index is -0.0184. The van der Waals surface area contributed by atoms with Crippen molar-refractivity contribution in [3.63, 3.8) is 0 Å². The largest absolute Gasteiger partial charge is 0.331 e. The molecule has 4 nitrogen and oxygen atoms in total. The molecule has 1 aromatic rings. The number of thioether (sulfide) groups is 1. The van der Waals surface area contributed by atoms with Gasteiger partial charge in [0.1, 0.15) is 0 Å². The molecule has 1 saturated heterocycles.